The molecule has 100 valence electrons. The van der Waals surface area contributed by atoms with Crippen molar-refractivity contribution in [3.63, 3.8) is 0 Å². The molecule has 1 unspecified atom stereocenters. The highest BCUT2D eigenvalue weighted by molar-refractivity contribution is 4.85. The second-order valence-electron chi connectivity index (χ2n) is 6.27. The summed E-state index contributed by atoms with van der Waals surface area (Å²) in [5, 5.41) is 10.6. The van der Waals surface area contributed by atoms with Gasteiger partial charge in [0, 0.05) is 6.54 Å². The van der Waals surface area contributed by atoms with Crippen molar-refractivity contribution in [3.8, 4) is 0 Å². The van der Waals surface area contributed by atoms with Crippen LogP contribution in [0.1, 0.15) is 64.7 Å². The summed E-state index contributed by atoms with van der Waals surface area (Å²) in [7, 11) is 0. The SMILES string of the molecule is CCC(CN1CCCC1)CC1(O)CCCCC1. The van der Waals surface area contributed by atoms with Crippen molar-refractivity contribution in [3.05, 3.63) is 0 Å². The largest absolute Gasteiger partial charge is 0.390 e. The fraction of sp³-hybridized carbons (Fsp3) is 1.00. The van der Waals surface area contributed by atoms with Crippen LogP contribution in [0, 0.1) is 5.92 Å². The van der Waals surface area contributed by atoms with Gasteiger partial charge in [0.2, 0.25) is 0 Å². The van der Waals surface area contributed by atoms with E-state index in [1.165, 1.54) is 58.2 Å². The van der Waals surface area contributed by atoms with E-state index in [-0.39, 0.29) is 5.60 Å². The average molecular weight is 239 g/mol. The Kier molecular flexibility index (Phi) is 4.87. The van der Waals surface area contributed by atoms with E-state index in [1.54, 1.807) is 0 Å². The van der Waals surface area contributed by atoms with Gasteiger partial charge in [0.15, 0.2) is 0 Å². The van der Waals surface area contributed by atoms with Crippen molar-refractivity contribution in [1.82, 2.24) is 4.90 Å². The summed E-state index contributed by atoms with van der Waals surface area (Å²) < 4.78 is 0. The first kappa shape index (κ1) is 13.4. The molecule has 2 nitrogen and oxygen atoms in total. The number of aliphatic hydroxyl groups is 1. The van der Waals surface area contributed by atoms with Gasteiger partial charge < -0.3 is 10.0 Å². The third kappa shape index (κ3) is 3.96. The van der Waals surface area contributed by atoms with Crippen molar-refractivity contribution >= 4 is 0 Å². The van der Waals surface area contributed by atoms with Gasteiger partial charge in [0.05, 0.1) is 5.60 Å². The lowest BCUT2D eigenvalue weighted by molar-refractivity contribution is -0.0213. The monoisotopic (exact) mass is 239 g/mol. The fourth-order valence-electron chi connectivity index (χ4n) is 3.62. The zero-order valence-electron chi connectivity index (χ0n) is 11.5. The molecule has 0 aromatic heterocycles. The summed E-state index contributed by atoms with van der Waals surface area (Å²) in [6.07, 6.45) is 10.9. The Labute approximate surface area is 106 Å². The Morgan fingerprint density at radius 2 is 1.71 bits per heavy atom. The third-order valence-electron chi connectivity index (χ3n) is 4.75. The highest BCUT2D eigenvalue weighted by Gasteiger charge is 2.32. The molecule has 1 heterocycles. The molecule has 1 saturated heterocycles. The normalized spacial score (nSPS) is 27.2. The minimum absolute atomic E-state index is 0.321. The molecule has 2 aliphatic rings. The second-order valence-corrected chi connectivity index (χ2v) is 6.27. The fourth-order valence-corrected chi connectivity index (χ4v) is 3.62. The number of nitrogens with zero attached hydrogens (tertiary/aromatic N) is 1. The molecule has 0 spiro atoms. The molecule has 0 radical (unpaired) electrons. The topological polar surface area (TPSA) is 23.5 Å². The molecule has 0 aromatic rings. The van der Waals surface area contributed by atoms with E-state index in [4.69, 9.17) is 0 Å². The summed E-state index contributed by atoms with van der Waals surface area (Å²) in [4.78, 5) is 2.60. The van der Waals surface area contributed by atoms with E-state index in [0.29, 0.717) is 5.92 Å². The molecule has 1 saturated carbocycles. The highest BCUT2D eigenvalue weighted by Crippen LogP contribution is 2.34. The Morgan fingerprint density at radius 3 is 2.29 bits per heavy atom. The third-order valence-corrected chi connectivity index (χ3v) is 4.75. The first-order valence-electron chi connectivity index (χ1n) is 7.66. The lowest BCUT2D eigenvalue weighted by atomic mass is 9.78. The minimum Gasteiger partial charge on any atom is -0.390 e. The van der Waals surface area contributed by atoms with Crippen LogP contribution in [0.25, 0.3) is 0 Å². The molecule has 1 atom stereocenters. The highest BCUT2D eigenvalue weighted by atomic mass is 16.3. The van der Waals surface area contributed by atoms with E-state index in [1.807, 2.05) is 0 Å². The molecule has 1 aliphatic heterocycles. The molecular formula is C15H29NO. The maximum Gasteiger partial charge on any atom is 0.0651 e. The Bertz CT molecular complexity index is 217. The van der Waals surface area contributed by atoms with Crippen molar-refractivity contribution < 1.29 is 5.11 Å². The second kappa shape index (κ2) is 6.19. The first-order valence-corrected chi connectivity index (χ1v) is 7.66. The minimum atomic E-state index is -0.321. The smallest absolute Gasteiger partial charge is 0.0651 e. The maximum atomic E-state index is 10.6. The Hall–Kier alpha value is -0.0800. The Balaban J connectivity index is 1.80. The van der Waals surface area contributed by atoms with Gasteiger partial charge in [-0.15, -0.1) is 0 Å². The zero-order valence-corrected chi connectivity index (χ0v) is 11.5. The molecule has 0 aromatic carbocycles. The predicted octanol–water partition coefficient (Wildman–Crippen LogP) is 3.19. The summed E-state index contributed by atoms with van der Waals surface area (Å²) in [6, 6.07) is 0. The van der Waals surface area contributed by atoms with E-state index in [2.05, 4.69) is 11.8 Å². The molecule has 1 aliphatic carbocycles. The van der Waals surface area contributed by atoms with E-state index in [0.717, 1.165) is 19.3 Å². The maximum absolute atomic E-state index is 10.6. The van der Waals surface area contributed by atoms with Crippen LogP contribution in [0.15, 0.2) is 0 Å². The lowest BCUT2D eigenvalue weighted by Crippen LogP contribution is -2.37. The van der Waals surface area contributed by atoms with Crippen LogP contribution in [0.4, 0.5) is 0 Å². The van der Waals surface area contributed by atoms with E-state index >= 15 is 0 Å². The number of likely N-dealkylation sites (tertiary alicyclic amines) is 1. The van der Waals surface area contributed by atoms with Gasteiger partial charge in [-0.3, -0.25) is 0 Å². The van der Waals surface area contributed by atoms with Gasteiger partial charge in [0.25, 0.3) is 0 Å². The molecule has 1 N–H and O–H groups in total. The number of hydrogen-bond acceptors (Lipinski definition) is 2. The standard InChI is InChI=1S/C15H29NO/c1-2-14(13-16-10-6-7-11-16)12-15(17)8-4-3-5-9-15/h14,17H,2-13H2,1H3. The quantitative estimate of drug-likeness (QED) is 0.796. The van der Waals surface area contributed by atoms with Gasteiger partial charge in [-0.05, 0) is 51.1 Å². The Morgan fingerprint density at radius 1 is 1.06 bits per heavy atom. The molecular weight excluding hydrogens is 210 g/mol. The van der Waals surface area contributed by atoms with Crippen molar-refractivity contribution in [2.75, 3.05) is 19.6 Å². The van der Waals surface area contributed by atoms with Crippen molar-refractivity contribution in [1.29, 1.82) is 0 Å². The molecule has 0 amide bonds. The van der Waals surface area contributed by atoms with Crippen LogP contribution in [-0.2, 0) is 0 Å². The molecule has 2 fully saturated rings. The van der Waals surface area contributed by atoms with Crippen LogP contribution in [-0.4, -0.2) is 35.2 Å². The summed E-state index contributed by atoms with van der Waals surface area (Å²) >= 11 is 0. The molecule has 2 heteroatoms. The van der Waals surface area contributed by atoms with Gasteiger partial charge in [-0.25, -0.2) is 0 Å². The van der Waals surface area contributed by atoms with Crippen molar-refractivity contribution in [2.24, 2.45) is 5.92 Å². The van der Waals surface area contributed by atoms with Gasteiger partial charge in [0.1, 0.15) is 0 Å². The number of rotatable bonds is 5. The summed E-state index contributed by atoms with van der Waals surface area (Å²) in [5.41, 5.74) is -0.321. The van der Waals surface area contributed by atoms with Crippen LogP contribution in [0.3, 0.4) is 0 Å². The van der Waals surface area contributed by atoms with Gasteiger partial charge in [-0.1, -0.05) is 32.6 Å². The number of hydrogen-bond donors (Lipinski definition) is 1. The van der Waals surface area contributed by atoms with Crippen LogP contribution in [0.2, 0.25) is 0 Å². The summed E-state index contributed by atoms with van der Waals surface area (Å²) in [5.74, 6) is 0.705. The molecule has 17 heavy (non-hydrogen) atoms. The predicted molar refractivity (Wildman–Crippen MR) is 72.1 cm³/mol. The first-order chi connectivity index (χ1) is 8.22. The van der Waals surface area contributed by atoms with Crippen LogP contribution < -0.4 is 0 Å². The summed E-state index contributed by atoms with van der Waals surface area (Å²) in [6.45, 7) is 6.08. The van der Waals surface area contributed by atoms with Crippen LogP contribution in [0.5, 0.6) is 0 Å². The average Bonchev–Trinajstić information content (AvgIpc) is 2.81. The van der Waals surface area contributed by atoms with Crippen LogP contribution >= 0.6 is 0 Å². The molecule has 2 rings (SSSR count). The van der Waals surface area contributed by atoms with Crippen molar-refractivity contribution in [2.45, 2.75) is 70.3 Å². The zero-order chi connectivity index (χ0) is 12.1. The van der Waals surface area contributed by atoms with E-state index in [9.17, 15) is 5.11 Å². The van der Waals surface area contributed by atoms with Gasteiger partial charge in [-0.2, -0.15) is 0 Å². The molecule has 0 bridgehead atoms. The lowest BCUT2D eigenvalue weighted by Gasteiger charge is -2.36. The van der Waals surface area contributed by atoms with Gasteiger partial charge >= 0.3 is 0 Å². The van der Waals surface area contributed by atoms with E-state index < -0.39 is 0 Å².